The standard InChI is InChI=1S/C24H33N7S/c1-15(2)32-23-19(7-4-8-27-23)13-29-24-30-14-20(11-25)22(31-24)28-12-16-9-17-5-3-6-18(10-16)21(17)26/h4,7-8,14-18,21H,3,5-6,9-10,12-13,26H2,1-2H3,(H2,28,29,30,31)/t16?,17-,18+,21-. The maximum Gasteiger partial charge on any atom is 0.224 e. The van der Waals surface area contributed by atoms with Crippen molar-refractivity contribution in [3.63, 3.8) is 0 Å². The lowest BCUT2D eigenvalue weighted by molar-refractivity contribution is 0.112. The fourth-order valence-corrected chi connectivity index (χ4v) is 5.93. The SMILES string of the molecule is CC(C)Sc1ncccc1CNc1ncc(C#N)c(NCC2C[C@H]3CCC[C@@H](C2)[C@@H]3N)n1. The normalized spacial score (nSPS) is 24.7. The van der Waals surface area contributed by atoms with E-state index in [1.165, 1.54) is 32.1 Å². The summed E-state index contributed by atoms with van der Waals surface area (Å²) in [6.07, 6.45) is 9.57. The lowest BCUT2D eigenvalue weighted by atomic mass is 9.65. The number of anilines is 2. The first-order valence-corrected chi connectivity index (χ1v) is 12.5. The van der Waals surface area contributed by atoms with Crippen LogP contribution in [-0.4, -0.2) is 32.8 Å². The van der Waals surface area contributed by atoms with Crippen LogP contribution in [0, 0.1) is 29.1 Å². The molecule has 0 amide bonds. The second-order valence-corrected chi connectivity index (χ2v) is 10.9. The number of rotatable bonds is 8. The van der Waals surface area contributed by atoms with Crippen LogP contribution in [0.3, 0.4) is 0 Å². The molecule has 2 heterocycles. The van der Waals surface area contributed by atoms with Crippen LogP contribution >= 0.6 is 11.8 Å². The fourth-order valence-electron chi connectivity index (χ4n) is 5.07. The molecule has 0 aromatic carbocycles. The van der Waals surface area contributed by atoms with Gasteiger partial charge in [-0.3, -0.25) is 0 Å². The second-order valence-electron chi connectivity index (χ2n) is 9.30. The number of nitriles is 1. The van der Waals surface area contributed by atoms with Gasteiger partial charge in [0, 0.05) is 36.1 Å². The van der Waals surface area contributed by atoms with Crippen LogP contribution in [0.4, 0.5) is 11.8 Å². The Morgan fingerprint density at radius 3 is 2.72 bits per heavy atom. The summed E-state index contributed by atoms with van der Waals surface area (Å²) in [7, 11) is 0. The van der Waals surface area contributed by atoms with Crippen molar-refractivity contribution in [3.8, 4) is 6.07 Å². The van der Waals surface area contributed by atoms with Gasteiger partial charge in [0.25, 0.3) is 0 Å². The van der Waals surface area contributed by atoms with Crippen molar-refractivity contribution in [2.24, 2.45) is 23.5 Å². The summed E-state index contributed by atoms with van der Waals surface area (Å²) in [4.78, 5) is 13.5. The van der Waals surface area contributed by atoms with Crippen molar-refractivity contribution in [1.29, 1.82) is 5.26 Å². The van der Waals surface area contributed by atoms with Gasteiger partial charge in [0.05, 0.1) is 6.20 Å². The highest BCUT2D eigenvalue weighted by Crippen LogP contribution is 2.41. The summed E-state index contributed by atoms with van der Waals surface area (Å²) in [5.41, 5.74) is 8.02. The molecule has 2 aliphatic carbocycles. The summed E-state index contributed by atoms with van der Waals surface area (Å²) in [6, 6.07) is 6.60. The van der Waals surface area contributed by atoms with E-state index in [1.807, 2.05) is 12.3 Å². The number of pyridine rings is 1. The molecule has 2 fully saturated rings. The van der Waals surface area contributed by atoms with E-state index >= 15 is 0 Å². The monoisotopic (exact) mass is 451 g/mol. The van der Waals surface area contributed by atoms with Crippen LogP contribution in [0.1, 0.15) is 57.1 Å². The highest BCUT2D eigenvalue weighted by molar-refractivity contribution is 7.99. The van der Waals surface area contributed by atoms with Crippen molar-refractivity contribution in [2.75, 3.05) is 17.2 Å². The molecule has 0 spiro atoms. The lowest BCUT2D eigenvalue weighted by Crippen LogP contribution is -2.47. The lowest BCUT2D eigenvalue weighted by Gasteiger charge is -2.44. The average molecular weight is 452 g/mol. The van der Waals surface area contributed by atoms with Crippen molar-refractivity contribution < 1.29 is 0 Å². The molecule has 4 rings (SSSR count). The van der Waals surface area contributed by atoms with Crippen molar-refractivity contribution >= 4 is 23.5 Å². The van der Waals surface area contributed by atoms with E-state index in [4.69, 9.17) is 5.73 Å². The number of nitrogens with one attached hydrogen (secondary N) is 2. The Morgan fingerprint density at radius 1 is 1.22 bits per heavy atom. The Hall–Kier alpha value is -2.37. The first-order valence-electron chi connectivity index (χ1n) is 11.6. The van der Waals surface area contributed by atoms with E-state index in [0.717, 1.165) is 17.1 Å². The van der Waals surface area contributed by atoms with Crippen LogP contribution in [0.2, 0.25) is 0 Å². The number of nitrogens with two attached hydrogens (primary N) is 1. The molecule has 8 heteroatoms. The quantitative estimate of drug-likeness (QED) is 0.506. The van der Waals surface area contributed by atoms with Gasteiger partial charge in [0.1, 0.15) is 22.5 Å². The third kappa shape index (κ3) is 5.51. The number of thioether (sulfide) groups is 1. The van der Waals surface area contributed by atoms with E-state index in [2.05, 4.69) is 51.6 Å². The highest BCUT2D eigenvalue weighted by Gasteiger charge is 2.37. The molecular weight excluding hydrogens is 418 g/mol. The molecule has 2 aromatic heterocycles. The van der Waals surface area contributed by atoms with Gasteiger partial charge >= 0.3 is 0 Å². The topological polar surface area (TPSA) is 113 Å². The predicted molar refractivity (Wildman–Crippen MR) is 129 cm³/mol. The van der Waals surface area contributed by atoms with Crippen LogP contribution in [0.15, 0.2) is 29.6 Å². The Balaban J connectivity index is 1.39. The van der Waals surface area contributed by atoms with Gasteiger partial charge in [-0.05, 0) is 49.5 Å². The van der Waals surface area contributed by atoms with Gasteiger partial charge in [-0.25, -0.2) is 9.97 Å². The average Bonchev–Trinajstić information content (AvgIpc) is 2.77. The first-order chi connectivity index (χ1) is 15.5. The molecule has 2 aromatic rings. The summed E-state index contributed by atoms with van der Waals surface area (Å²) >= 11 is 1.74. The first kappa shape index (κ1) is 22.8. The largest absolute Gasteiger partial charge is 0.369 e. The minimum absolute atomic E-state index is 0.371. The van der Waals surface area contributed by atoms with Gasteiger partial charge in [-0.1, -0.05) is 26.3 Å². The molecule has 2 saturated carbocycles. The Bertz CT molecular complexity index is 944. The molecular formula is C24H33N7S. The molecule has 170 valence electrons. The number of hydrogen-bond donors (Lipinski definition) is 3. The molecule has 0 radical (unpaired) electrons. The van der Waals surface area contributed by atoms with Crippen molar-refractivity contribution in [2.45, 2.75) is 68.8 Å². The Labute approximate surface area is 195 Å². The maximum absolute atomic E-state index is 9.52. The molecule has 2 aliphatic rings. The smallest absolute Gasteiger partial charge is 0.224 e. The number of fused-ring (bicyclic) bond motifs is 2. The van der Waals surface area contributed by atoms with Crippen LogP contribution in [0.25, 0.3) is 0 Å². The summed E-state index contributed by atoms with van der Waals surface area (Å²) in [5, 5.41) is 17.7. The van der Waals surface area contributed by atoms with Crippen molar-refractivity contribution in [1.82, 2.24) is 15.0 Å². The third-order valence-electron chi connectivity index (χ3n) is 6.61. The zero-order valence-corrected chi connectivity index (χ0v) is 19.7. The minimum Gasteiger partial charge on any atom is -0.369 e. The van der Waals surface area contributed by atoms with E-state index < -0.39 is 0 Å². The summed E-state index contributed by atoms with van der Waals surface area (Å²) in [5.74, 6) is 2.98. The highest BCUT2D eigenvalue weighted by atomic mass is 32.2. The molecule has 32 heavy (non-hydrogen) atoms. The molecule has 1 unspecified atom stereocenters. The zero-order chi connectivity index (χ0) is 22.5. The van der Waals surface area contributed by atoms with Crippen LogP contribution in [-0.2, 0) is 6.54 Å². The van der Waals surface area contributed by atoms with Crippen LogP contribution < -0.4 is 16.4 Å². The van der Waals surface area contributed by atoms with E-state index in [0.29, 0.717) is 52.9 Å². The summed E-state index contributed by atoms with van der Waals surface area (Å²) < 4.78 is 0. The maximum atomic E-state index is 9.52. The van der Waals surface area contributed by atoms with Crippen molar-refractivity contribution in [3.05, 3.63) is 35.7 Å². The number of aromatic nitrogens is 3. The molecule has 0 aliphatic heterocycles. The van der Waals surface area contributed by atoms with E-state index in [9.17, 15) is 5.26 Å². The van der Waals surface area contributed by atoms with E-state index in [-0.39, 0.29) is 0 Å². The molecule has 4 atom stereocenters. The Kier molecular flexibility index (Phi) is 7.48. The van der Waals surface area contributed by atoms with Crippen LogP contribution in [0.5, 0.6) is 0 Å². The summed E-state index contributed by atoms with van der Waals surface area (Å²) in [6.45, 7) is 5.72. The number of hydrogen-bond acceptors (Lipinski definition) is 8. The second kappa shape index (κ2) is 10.5. The zero-order valence-electron chi connectivity index (χ0n) is 18.9. The van der Waals surface area contributed by atoms with Gasteiger partial charge in [0.15, 0.2) is 0 Å². The van der Waals surface area contributed by atoms with Gasteiger partial charge in [0.2, 0.25) is 5.95 Å². The molecule has 4 N–H and O–H groups in total. The fraction of sp³-hybridized carbons (Fsp3) is 0.583. The Morgan fingerprint density at radius 2 is 2.00 bits per heavy atom. The van der Waals surface area contributed by atoms with Gasteiger partial charge in [-0.2, -0.15) is 10.2 Å². The number of nitrogens with zero attached hydrogens (tertiary/aromatic N) is 4. The minimum atomic E-state index is 0.371. The predicted octanol–water partition coefficient (Wildman–Crippen LogP) is 4.42. The van der Waals surface area contributed by atoms with Gasteiger partial charge in [-0.15, -0.1) is 11.8 Å². The third-order valence-corrected chi connectivity index (χ3v) is 7.67. The van der Waals surface area contributed by atoms with Gasteiger partial charge < -0.3 is 16.4 Å². The molecule has 7 nitrogen and oxygen atoms in total. The molecule has 2 bridgehead atoms. The van der Waals surface area contributed by atoms with E-state index in [1.54, 1.807) is 18.0 Å². The molecule has 0 saturated heterocycles.